The molecule has 2 aliphatic rings. The summed E-state index contributed by atoms with van der Waals surface area (Å²) in [6.07, 6.45) is 0.750. The Morgan fingerprint density at radius 3 is 2.94 bits per heavy atom. The molecule has 2 heterocycles. The van der Waals surface area contributed by atoms with E-state index in [9.17, 15) is 4.79 Å². The molecule has 0 bridgehead atoms. The quantitative estimate of drug-likeness (QED) is 0.759. The maximum Gasteiger partial charge on any atom is 0.233 e. The lowest BCUT2D eigenvalue weighted by Gasteiger charge is -2.23. The Bertz CT molecular complexity index is 442. The topological polar surface area (TPSA) is 50.7 Å². The van der Waals surface area contributed by atoms with Gasteiger partial charge in [0.05, 0.1) is 0 Å². The first-order chi connectivity index (χ1) is 7.86. The van der Waals surface area contributed by atoms with E-state index >= 15 is 0 Å². The highest BCUT2D eigenvalue weighted by molar-refractivity contribution is 6.14. The SMILES string of the molecule is O=C1NCCC2ON=C(c3ccccc3)C12. The van der Waals surface area contributed by atoms with Crippen molar-refractivity contribution in [3.63, 3.8) is 0 Å². The molecule has 1 saturated heterocycles. The number of fused-ring (bicyclic) bond motifs is 1. The van der Waals surface area contributed by atoms with Crippen LogP contribution < -0.4 is 5.32 Å². The molecule has 16 heavy (non-hydrogen) atoms. The fourth-order valence-corrected chi connectivity index (χ4v) is 2.22. The second-order valence-corrected chi connectivity index (χ2v) is 4.04. The van der Waals surface area contributed by atoms with Gasteiger partial charge in [0.2, 0.25) is 5.91 Å². The van der Waals surface area contributed by atoms with Crippen LogP contribution in [0.1, 0.15) is 12.0 Å². The maximum absolute atomic E-state index is 11.8. The summed E-state index contributed by atoms with van der Waals surface area (Å²) in [7, 11) is 0. The Balaban J connectivity index is 1.95. The second kappa shape index (κ2) is 3.63. The summed E-state index contributed by atoms with van der Waals surface area (Å²) >= 11 is 0. The maximum atomic E-state index is 11.8. The zero-order chi connectivity index (χ0) is 11.0. The molecule has 2 unspecified atom stereocenters. The van der Waals surface area contributed by atoms with Gasteiger partial charge in [-0.25, -0.2) is 0 Å². The molecule has 0 spiro atoms. The van der Waals surface area contributed by atoms with Crippen molar-refractivity contribution in [3.05, 3.63) is 35.9 Å². The molecular weight excluding hydrogens is 204 g/mol. The number of amides is 1. The van der Waals surface area contributed by atoms with Gasteiger partial charge in [0, 0.05) is 18.5 Å². The number of carbonyl (C=O) groups excluding carboxylic acids is 1. The third kappa shape index (κ3) is 1.38. The Hall–Kier alpha value is -1.84. The molecule has 1 amide bonds. The minimum absolute atomic E-state index is 0.0244. The molecule has 2 atom stereocenters. The molecule has 0 saturated carbocycles. The average Bonchev–Trinajstić information content (AvgIpc) is 2.75. The van der Waals surface area contributed by atoms with Crippen LogP contribution in [-0.2, 0) is 9.63 Å². The number of hydrogen-bond acceptors (Lipinski definition) is 3. The van der Waals surface area contributed by atoms with E-state index in [1.807, 2.05) is 30.3 Å². The van der Waals surface area contributed by atoms with Gasteiger partial charge in [-0.05, 0) is 0 Å². The minimum atomic E-state index is -0.240. The van der Waals surface area contributed by atoms with Crippen LogP contribution in [0.25, 0.3) is 0 Å². The Morgan fingerprint density at radius 2 is 2.12 bits per heavy atom. The van der Waals surface area contributed by atoms with Gasteiger partial charge >= 0.3 is 0 Å². The van der Waals surface area contributed by atoms with Gasteiger partial charge in [0.25, 0.3) is 0 Å². The van der Waals surface area contributed by atoms with Crippen LogP contribution in [0, 0.1) is 5.92 Å². The summed E-state index contributed by atoms with van der Waals surface area (Å²) in [5.74, 6) is -0.215. The summed E-state index contributed by atoms with van der Waals surface area (Å²) in [5.41, 5.74) is 1.72. The zero-order valence-corrected chi connectivity index (χ0v) is 8.72. The molecule has 1 aromatic rings. The lowest BCUT2D eigenvalue weighted by atomic mass is 9.88. The Kier molecular flexibility index (Phi) is 2.13. The number of piperidine rings is 1. The zero-order valence-electron chi connectivity index (χ0n) is 8.72. The molecule has 1 fully saturated rings. The number of benzene rings is 1. The number of nitrogens with one attached hydrogen (secondary N) is 1. The molecule has 0 radical (unpaired) electrons. The van der Waals surface area contributed by atoms with Crippen LogP contribution in [0.3, 0.4) is 0 Å². The third-order valence-corrected chi connectivity index (χ3v) is 3.03. The number of rotatable bonds is 1. The van der Waals surface area contributed by atoms with E-state index in [0.29, 0.717) is 6.54 Å². The smallest absolute Gasteiger partial charge is 0.233 e. The minimum Gasteiger partial charge on any atom is -0.391 e. The fraction of sp³-hybridized carbons (Fsp3) is 0.333. The average molecular weight is 216 g/mol. The standard InChI is InChI=1S/C12H12N2O2/c15-12-10-9(6-7-13-12)16-14-11(10)8-4-2-1-3-5-8/h1-5,9-10H,6-7H2,(H,13,15). The molecule has 3 rings (SSSR count). The van der Waals surface area contributed by atoms with Gasteiger partial charge < -0.3 is 10.2 Å². The van der Waals surface area contributed by atoms with Crippen molar-refractivity contribution in [3.8, 4) is 0 Å². The van der Waals surface area contributed by atoms with Crippen LogP contribution in [-0.4, -0.2) is 24.3 Å². The van der Waals surface area contributed by atoms with Crippen molar-refractivity contribution in [1.82, 2.24) is 5.32 Å². The van der Waals surface area contributed by atoms with E-state index in [0.717, 1.165) is 17.7 Å². The Labute approximate surface area is 93.3 Å². The van der Waals surface area contributed by atoms with E-state index < -0.39 is 0 Å². The van der Waals surface area contributed by atoms with E-state index in [2.05, 4.69) is 10.5 Å². The summed E-state index contributed by atoms with van der Waals surface area (Å²) in [6.45, 7) is 0.678. The van der Waals surface area contributed by atoms with Crippen LogP contribution in [0.5, 0.6) is 0 Å². The predicted octanol–water partition coefficient (Wildman–Crippen LogP) is 0.926. The highest BCUT2D eigenvalue weighted by atomic mass is 16.6. The van der Waals surface area contributed by atoms with Gasteiger partial charge in [-0.2, -0.15) is 0 Å². The van der Waals surface area contributed by atoms with Crippen molar-refractivity contribution in [2.24, 2.45) is 11.1 Å². The molecule has 1 N–H and O–H groups in total. The predicted molar refractivity (Wildman–Crippen MR) is 59.0 cm³/mol. The van der Waals surface area contributed by atoms with Crippen LogP contribution >= 0.6 is 0 Å². The van der Waals surface area contributed by atoms with Crippen molar-refractivity contribution in [2.75, 3.05) is 6.54 Å². The van der Waals surface area contributed by atoms with Crippen LogP contribution in [0.4, 0.5) is 0 Å². The largest absolute Gasteiger partial charge is 0.391 e. The molecule has 1 aromatic carbocycles. The summed E-state index contributed by atoms with van der Waals surface area (Å²) in [4.78, 5) is 17.1. The van der Waals surface area contributed by atoms with Gasteiger partial charge in [0.15, 0.2) is 0 Å². The summed E-state index contributed by atoms with van der Waals surface area (Å²) in [6, 6.07) is 9.72. The van der Waals surface area contributed by atoms with Crippen molar-refractivity contribution in [1.29, 1.82) is 0 Å². The van der Waals surface area contributed by atoms with Gasteiger partial charge in [-0.1, -0.05) is 35.5 Å². The van der Waals surface area contributed by atoms with Crippen molar-refractivity contribution in [2.45, 2.75) is 12.5 Å². The molecule has 82 valence electrons. The molecule has 0 aromatic heterocycles. The first-order valence-electron chi connectivity index (χ1n) is 5.43. The highest BCUT2D eigenvalue weighted by Crippen LogP contribution is 2.27. The fourth-order valence-electron chi connectivity index (χ4n) is 2.22. The molecule has 4 heteroatoms. The van der Waals surface area contributed by atoms with Gasteiger partial charge in [-0.3, -0.25) is 4.79 Å². The van der Waals surface area contributed by atoms with E-state index in [1.165, 1.54) is 0 Å². The lowest BCUT2D eigenvalue weighted by Crippen LogP contribution is -2.46. The van der Waals surface area contributed by atoms with Gasteiger partial charge in [0.1, 0.15) is 17.7 Å². The number of nitrogens with zero attached hydrogens (tertiary/aromatic N) is 1. The number of carbonyl (C=O) groups is 1. The van der Waals surface area contributed by atoms with Crippen LogP contribution in [0.2, 0.25) is 0 Å². The molecule has 2 aliphatic heterocycles. The van der Waals surface area contributed by atoms with E-state index in [-0.39, 0.29) is 17.9 Å². The highest BCUT2D eigenvalue weighted by Gasteiger charge is 2.42. The van der Waals surface area contributed by atoms with E-state index in [1.54, 1.807) is 0 Å². The van der Waals surface area contributed by atoms with Crippen molar-refractivity contribution < 1.29 is 9.63 Å². The molecule has 4 nitrogen and oxygen atoms in total. The number of hydrogen-bond donors (Lipinski definition) is 1. The monoisotopic (exact) mass is 216 g/mol. The molecule has 0 aliphatic carbocycles. The van der Waals surface area contributed by atoms with Gasteiger partial charge in [-0.15, -0.1) is 0 Å². The lowest BCUT2D eigenvalue weighted by molar-refractivity contribution is -0.128. The number of oxime groups is 1. The molecular formula is C12H12N2O2. The van der Waals surface area contributed by atoms with Crippen molar-refractivity contribution >= 4 is 11.6 Å². The van der Waals surface area contributed by atoms with Crippen LogP contribution in [0.15, 0.2) is 35.5 Å². The second-order valence-electron chi connectivity index (χ2n) is 4.04. The Morgan fingerprint density at radius 1 is 1.31 bits per heavy atom. The van der Waals surface area contributed by atoms with E-state index in [4.69, 9.17) is 4.84 Å². The summed E-state index contributed by atoms with van der Waals surface area (Å²) < 4.78 is 0. The third-order valence-electron chi connectivity index (χ3n) is 3.03. The first kappa shape index (κ1) is 9.39. The first-order valence-corrected chi connectivity index (χ1v) is 5.43. The summed E-state index contributed by atoms with van der Waals surface area (Å²) in [5, 5.41) is 6.91. The normalized spacial score (nSPS) is 27.8.